The number of amides is 1. The molecule has 1 aliphatic carbocycles. The molecule has 1 amide bonds. The van der Waals surface area contributed by atoms with Gasteiger partial charge in [0, 0.05) is 49.2 Å². The second-order valence-electron chi connectivity index (χ2n) is 7.15. The Kier molecular flexibility index (Phi) is 4.37. The molecule has 1 aromatic carbocycles. The van der Waals surface area contributed by atoms with Crippen molar-refractivity contribution in [3.05, 3.63) is 42.9 Å². The standard InChI is InChI=1S/C20H20F2N4O/c1-26-12-17(11-24-26)14-2-3-15-10-23-18(9-16(15)8-14)25-19(27)13-4-6-20(21,22)7-5-13/h2-3,8-13H,4-7H2,1H3,(H,23,25,27). The monoisotopic (exact) mass is 370 g/mol. The van der Waals surface area contributed by atoms with Crippen LogP contribution < -0.4 is 5.32 Å². The largest absolute Gasteiger partial charge is 0.310 e. The molecule has 27 heavy (non-hydrogen) atoms. The number of aryl methyl sites for hydroxylation is 1. The molecule has 5 nitrogen and oxygen atoms in total. The number of rotatable bonds is 3. The third kappa shape index (κ3) is 3.82. The van der Waals surface area contributed by atoms with E-state index >= 15 is 0 Å². The third-order valence-electron chi connectivity index (χ3n) is 5.10. The molecule has 0 radical (unpaired) electrons. The van der Waals surface area contributed by atoms with E-state index in [9.17, 15) is 13.6 Å². The molecule has 0 spiro atoms. The van der Waals surface area contributed by atoms with Crippen LogP contribution in [0.2, 0.25) is 0 Å². The van der Waals surface area contributed by atoms with Crippen LogP contribution in [0.3, 0.4) is 0 Å². The molecule has 7 heteroatoms. The van der Waals surface area contributed by atoms with Gasteiger partial charge in [0.2, 0.25) is 11.8 Å². The summed E-state index contributed by atoms with van der Waals surface area (Å²) in [5.41, 5.74) is 2.03. The van der Waals surface area contributed by atoms with Gasteiger partial charge in [-0.25, -0.2) is 13.8 Å². The lowest BCUT2D eigenvalue weighted by Gasteiger charge is -2.27. The molecular weight excluding hydrogens is 350 g/mol. The quantitative estimate of drug-likeness (QED) is 0.743. The van der Waals surface area contributed by atoms with Gasteiger partial charge in [0.1, 0.15) is 5.82 Å². The maximum Gasteiger partial charge on any atom is 0.248 e. The summed E-state index contributed by atoms with van der Waals surface area (Å²) in [6.07, 6.45) is 5.38. The highest BCUT2D eigenvalue weighted by atomic mass is 19.3. The predicted octanol–water partition coefficient (Wildman–Crippen LogP) is 4.40. The number of anilines is 1. The van der Waals surface area contributed by atoms with Crippen molar-refractivity contribution in [1.82, 2.24) is 14.8 Å². The zero-order chi connectivity index (χ0) is 19.0. The summed E-state index contributed by atoms with van der Waals surface area (Å²) < 4.78 is 28.3. The Morgan fingerprint density at radius 3 is 2.63 bits per heavy atom. The molecule has 1 aliphatic rings. The van der Waals surface area contributed by atoms with Crippen molar-refractivity contribution in [2.75, 3.05) is 5.32 Å². The van der Waals surface area contributed by atoms with Crippen LogP contribution in [-0.2, 0) is 11.8 Å². The van der Waals surface area contributed by atoms with E-state index < -0.39 is 5.92 Å². The number of alkyl halides is 2. The van der Waals surface area contributed by atoms with Gasteiger partial charge in [0.15, 0.2) is 0 Å². The van der Waals surface area contributed by atoms with Gasteiger partial charge in [0.05, 0.1) is 6.20 Å². The van der Waals surface area contributed by atoms with E-state index in [0.29, 0.717) is 5.82 Å². The molecule has 0 unspecified atom stereocenters. The smallest absolute Gasteiger partial charge is 0.248 e. The molecule has 4 rings (SSSR count). The van der Waals surface area contributed by atoms with E-state index in [-0.39, 0.29) is 37.5 Å². The van der Waals surface area contributed by atoms with Gasteiger partial charge in [-0.3, -0.25) is 9.48 Å². The Morgan fingerprint density at radius 2 is 1.93 bits per heavy atom. The molecule has 2 heterocycles. The molecule has 1 saturated carbocycles. The van der Waals surface area contributed by atoms with E-state index in [4.69, 9.17) is 0 Å². The van der Waals surface area contributed by atoms with E-state index in [0.717, 1.165) is 21.9 Å². The maximum atomic E-state index is 13.3. The summed E-state index contributed by atoms with van der Waals surface area (Å²) in [7, 11) is 1.86. The molecule has 1 fully saturated rings. The van der Waals surface area contributed by atoms with Crippen LogP contribution in [0.5, 0.6) is 0 Å². The zero-order valence-corrected chi connectivity index (χ0v) is 15.0. The van der Waals surface area contributed by atoms with Crippen LogP contribution in [0.25, 0.3) is 21.9 Å². The van der Waals surface area contributed by atoms with Crippen molar-refractivity contribution >= 4 is 22.5 Å². The van der Waals surface area contributed by atoms with Gasteiger partial charge < -0.3 is 5.32 Å². The van der Waals surface area contributed by atoms with E-state index in [1.807, 2.05) is 37.5 Å². The number of halogens is 2. The van der Waals surface area contributed by atoms with Gasteiger partial charge in [-0.05, 0) is 35.9 Å². The molecule has 1 N–H and O–H groups in total. The van der Waals surface area contributed by atoms with Crippen molar-refractivity contribution in [3.63, 3.8) is 0 Å². The van der Waals surface area contributed by atoms with E-state index in [1.54, 1.807) is 17.1 Å². The van der Waals surface area contributed by atoms with Crippen LogP contribution in [0.15, 0.2) is 42.9 Å². The SMILES string of the molecule is Cn1cc(-c2ccc3cnc(NC(=O)C4CCC(F)(F)CC4)cc3c2)cn1. The second-order valence-corrected chi connectivity index (χ2v) is 7.15. The lowest BCUT2D eigenvalue weighted by Crippen LogP contribution is -2.32. The maximum absolute atomic E-state index is 13.3. The van der Waals surface area contributed by atoms with Crippen LogP contribution in [-0.4, -0.2) is 26.6 Å². The molecule has 0 bridgehead atoms. The summed E-state index contributed by atoms with van der Waals surface area (Å²) in [4.78, 5) is 16.7. The minimum Gasteiger partial charge on any atom is -0.310 e. The van der Waals surface area contributed by atoms with Crippen molar-refractivity contribution in [2.24, 2.45) is 13.0 Å². The highest BCUT2D eigenvalue weighted by Crippen LogP contribution is 2.36. The van der Waals surface area contributed by atoms with Gasteiger partial charge in [-0.15, -0.1) is 0 Å². The number of carbonyl (C=O) groups is 1. The fourth-order valence-corrected chi connectivity index (χ4v) is 3.49. The number of aromatic nitrogens is 3. The Morgan fingerprint density at radius 1 is 1.15 bits per heavy atom. The molecule has 0 aliphatic heterocycles. The highest BCUT2D eigenvalue weighted by Gasteiger charge is 2.37. The fourth-order valence-electron chi connectivity index (χ4n) is 3.49. The van der Waals surface area contributed by atoms with E-state index in [2.05, 4.69) is 15.4 Å². The molecule has 0 atom stereocenters. The molecule has 3 aromatic rings. The number of fused-ring (bicyclic) bond motifs is 1. The van der Waals surface area contributed by atoms with Gasteiger partial charge in [-0.1, -0.05) is 12.1 Å². The molecule has 140 valence electrons. The second kappa shape index (κ2) is 6.72. The Hall–Kier alpha value is -2.83. The van der Waals surface area contributed by atoms with Crippen molar-refractivity contribution in [1.29, 1.82) is 0 Å². The molecule has 2 aromatic heterocycles. The lowest BCUT2D eigenvalue weighted by atomic mass is 9.86. The third-order valence-corrected chi connectivity index (χ3v) is 5.10. The molecule has 0 saturated heterocycles. The number of nitrogens with one attached hydrogen (secondary N) is 1. The first-order valence-corrected chi connectivity index (χ1v) is 8.97. The highest BCUT2D eigenvalue weighted by molar-refractivity contribution is 5.95. The minimum atomic E-state index is -2.64. The van der Waals surface area contributed by atoms with Gasteiger partial charge in [0.25, 0.3) is 0 Å². The number of nitrogens with zero attached hydrogens (tertiary/aromatic N) is 3. The Bertz CT molecular complexity index is 989. The van der Waals surface area contributed by atoms with Crippen molar-refractivity contribution < 1.29 is 13.6 Å². The Balaban J connectivity index is 1.53. The first kappa shape index (κ1) is 17.6. The predicted molar refractivity (Wildman–Crippen MR) is 99.5 cm³/mol. The number of hydrogen-bond acceptors (Lipinski definition) is 3. The summed E-state index contributed by atoms with van der Waals surface area (Å²) >= 11 is 0. The molecular formula is C20H20F2N4O. The lowest BCUT2D eigenvalue weighted by molar-refractivity contribution is -0.124. The van der Waals surface area contributed by atoms with Crippen molar-refractivity contribution in [3.8, 4) is 11.1 Å². The topological polar surface area (TPSA) is 59.8 Å². The number of hydrogen-bond donors (Lipinski definition) is 1. The average Bonchev–Trinajstić information content (AvgIpc) is 3.07. The van der Waals surface area contributed by atoms with Crippen LogP contribution in [0, 0.1) is 5.92 Å². The van der Waals surface area contributed by atoms with Gasteiger partial charge >= 0.3 is 0 Å². The fraction of sp³-hybridized carbons (Fsp3) is 0.350. The number of carbonyl (C=O) groups excluding carboxylic acids is 1. The number of benzene rings is 1. The van der Waals surface area contributed by atoms with Gasteiger partial charge in [-0.2, -0.15) is 5.10 Å². The first-order chi connectivity index (χ1) is 12.9. The van der Waals surface area contributed by atoms with Crippen LogP contribution in [0.4, 0.5) is 14.6 Å². The summed E-state index contributed by atoms with van der Waals surface area (Å²) in [5, 5.41) is 8.87. The summed E-state index contributed by atoms with van der Waals surface area (Å²) in [6, 6.07) is 7.80. The average molecular weight is 370 g/mol. The van der Waals surface area contributed by atoms with Crippen LogP contribution >= 0.6 is 0 Å². The normalized spacial score (nSPS) is 17.1. The van der Waals surface area contributed by atoms with E-state index in [1.165, 1.54) is 0 Å². The Labute approximate surface area is 155 Å². The number of pyridine rings is 1. The summed E-state index contributed by atoms with van der Waals surface area (Å²) in [5.74, 6) is -2.82. The first-order valence-electron chi connectivity index (χ1n) is 8.97. The van der Waals surface area contributed by atoms with Crippen LogP contribution in [0.1, 0.15) is 25.7 Å². The summed E-state index contributed by atoms with van der Waals surface area (Å²) in [6.45, 7) is 0. The zero-order valence-electron chi connectivity index (χ0n) is 15.0. The minimum absolute atomic E-state index is 0.206. The van der Waals surface area contributed by atoms with Crippen molar-refractivity contribution in [2.45, 2.75) is 31.6 Å².